The van der Waals surface area contributed by atoms with Gasteiger partial charge in [0.15, 0.2) is 0 Å². The summed E-state index contributed by atoms with van der Waals surface area (Å²) in [6.07, 6.45) is 0.678. The molecule has 0 unspecified atom stereocenters. The molecule has 0 atom stereocenters. The van der Waals surface area contributed by atoms with Crippen molar-refractivity contribution in [1.29, 1.82) is 0 Å². The second-order valence-electron chi connectivity index (χ2n) is 9.64. The zero-order valence-electron chi connectivity index (χ0n) is 24.1. The molecule has 0 aliphatic rings. The van der Waals surface area contributed by atoms with Crippen LogP contribution in [0.25, 0.3) is 0 Å². The number of nitrogens with one attached hydrogen (secondary N) is 2. The van der Waals surface area contributed by atoms with E-state index >= 15 is 0 Å². The van der Waals surface area contributed by atoms with Gasteiger partial charge in [-0.2, -0.15) is 0 Å². The van der Waals surface area contributed by atoms with Gasteiger partial charge in [0, 0.05) is 6.07 Å². The van der Waals surface area contributed by atoms with E-state index in [2.05, 4.69) is 9.44 Å². The SMILES string of the molecule is CCCOc1cc(Oc2ccc(NS(=O)(=O)c3ccc(C)cc3)c(C(=O)OC)c2)ccc1NS(=O)(=O)c1ccc(C)cc1. The maximum atomic E-state index is 13.0. The average Bonchev–Trinajstić information content (AvgIpc) is 2.97. The Labute approximate surface area is 251 Å². The Kier molecular flexibility index (Phi) is 9.62. The lowest BCUT2D eigenvalue weighted by Gasteiger charge is -2.16. The van der Waals surface area contributed by atoms with Crippen LogP contribution in [0, 0.1) is 13.8 Å². The van der Waals surface area contributed by atoms with Crippen LogP contribution in [0.4, 0.5) is 11.4 Å². The van der Waals surface area contributed by atoms with Crippen LogP contribution in [-0.2, 0) is 24.8 Å². The Bertz CT molecular complexity index is 1820. The fraction of sp³-hybridized carbons (Fsp3) is 0.194. The topological polar surface area (TPSA) is 137 Å². The van der Waals surface area contributed by atoms with E-state index in [1.54, 1.807) is 24.3 Å². The van der Waals surface area contributed by atoms with E-state index in [0.29, 0.717) is 13.0 Å². The van der Waals surface area contributed by atoms with Crippen molar-refractivity contribution >= 4 is 37.4 Å². The monoisotopic (exact) mass is 624 g/mol. The molecule has 2 N–H and O–H groups in total. The predicted octanol–water partition coefficient (Wildman–Crippen LogP) is 6.27. The maximum absolute atomic E-state index is 13.0. The quantitative estimate of drug-likeness (QED) is 0.176. The number of aryl methyl sites for hydroxylation is 2. The minimum atomic E-state index is -3.99. The number of hydrogen-bond donors (Lipinski definition) is 2. The first-order valence-corrected chi connectivity index (χ1v) is 16.2. The molecule has 4 rings (SSSR count). The number of carbonyl (C=O) groups excluding carboxylic acids is 1. The van der Waals surface area contributed by atoms with E-state index in [0.717, 1.165) is 11.1 Å². The second kappa shape index (κ2) is 13.2. The number of ether oxygens (including phenoxy) is 3. The molecule has 226 valence electrons. The highest BCUT2D eigenvalue weighted by Crippen LogP contribution is 2.35. The number of hydrogen-bond acceptors (Lipinski definition) is 8. The summed E-state index contributed by atoms with van der Waals surface area (Å²) in [5.41, 5.74) is 1.99. The summed E-state index contributed by atoms with van der Waals surface area (Å²) in [5, 5.41) is 0. The number of sulfonamides is 2. The van der Waals surface area contributed by atoms with Gasteiger partial charge in [0.2, 0.25) is 0 Å². The number of esters is 1. The molecular weight excluding hydrogens is 592 g/mol. The Morgan fingerprint density at radius 3 is 1.70 bits per heavy atom. The molecule has 0 amide bonds. The molecule has 0 saturated heterocycles. The third-order valence-corrected chi connectivity index (χ3v) is 8.96. The van der Waals surface area contributed by atoms with E-state index in [9.17, 15) is 21.6 Å². The Balaban J connectivity index is 1.62. The molecule has 0 fully saturated rings. The zero-order valence-corrected chi connectivity index (χ0v) is 25.7. The van der Waals surface area contributed by atoms with Gasteiger partial charge in [0.05, 0.1) is 40.4 Å². The number of anilines is 2. The largest absolute Gasteiger partial charge is 0.491 e. The van der Waals surface area contributed by atoms with Gasteiger partial charge in [-0.15, -0.1) is 0 Å². The molecule has 0 saturated carbocycles. The molecule has 0 aliphatic heterocycles. The van der Waals surface area contributed by atoms with Crippen LogP contribution >= 0.6 is 0 Å². The molecule has 0 bridgehead atoms. The first kappa shape index (κ1) is 31.4. The van der Waals surface area contributed by atoms with Crippen LogP contribution in [0.1, 0.15) is 34.8 Å². The van der Waals surface area contributed by atoms with Crippen LogP contribution in [0.5, 0.6) is 17.2 Å². The first-order valence-electron chi connectivity index (χ1n) is 13.3. The summed E-state index contributed by atoms with van der Waals surface area (Å²) in [6, 6.07) is 21.5. The molecule has 10 nitrogen and oxygen atoms in total. The highest BCUT2D eigenvalue weighted by molar-refractivity contribution is 7.93. The van der Waals surface area contributed by atoms with Crippen molar-refractivity contribution in [3.8, 4) is 17.2 Å². The number of rotatable bonds is 12. The summed E-state index contributed by atoms with van der Waals surface area (Å²) in [5.74, 6) is -0.0492. The number of methoxy groups -OCH3 is 1. The Morgan fingerprint density at radius 2 is 1.19 bits per heavy atom. The van der Waals surface area contributed by atoms with Crippen molar-refractivity contribution in [2.75, 3.05) is 23.2 Å². The summed E-state index contributed by atoms with van der Waals surface area (Å²) in [7, 11) is -6.70. The lowest BCUT2D eigenvalue weighted by atomic mass is 10.1. The summed E-state index contributed by atoms with van der Waals surface area (Å²) < 4.78 is 73.5. The minimum absolute atomic E-state index is 0.00704. The number of benzene rings is 4. The predicted molar refractivity (Wildman–Crippen MR) is 164 cm³/mol. The van der Waals surface area contributed by atoms with Gasteiger partial charge in [-0.1, -0.05) is 42.3 Å². The van der Waals surface area contributed by atoms with E-state index in [4.69, 9.17) is 14.2 Å². The van der Waals surface area contributed by atoms with Crippen LogP contribution in [0.3, 0.4) is 0 Å². The van der Waals surface area contributed by atoms with Gasteiger partial charge < -0.3 is 14.2 Å². The molecular formula is C31H32N2O8S2. The molecule has 0 spiro atoms. The molecule has 0 radical (unpaired) electrons. The van der Waals surface area contributed by atoms with Crippen LogP contribution in [0.2, 0.25) is 0 Å². The van der Waals surface area contributed by atoms with Gasteiger partial charge in [-0.05, 0) is 74.9 Å². The lowest BCUT2D eigenvalue weighted by Crippen LogP contribution is -2.16. The van der Waals surface area contributed by atoms with Crippen molar-refractivity contribution < 1.29 is 35.8 Å². The van der Waals surface area contributed by atoms with E-state index in [1.165, 1.54) is 67.8 Å². The minimum Gasteiger partial charge on any atom is -0.491 e. The molecule has 0 aromatic heterocycles. The molecule has 12 heteroatoms. The van der Waals surface area contributed by atoms with Gasteiger partial charge in [-0.3, -0.25) is 9.44 Å². The van der Waals surface area contributed by atoms with Crippen molar-refractivity contribution in [1.82, 2.24) is 0 Å². The summed E-state index contributed by atoms with van der Waals surface area (Å²) >= 11 is 0. The second-order valence-corrected chi connectivity index (χ2v) is 13.0. The van der Waals surface area contributed by atoms with E-state index < -0.39 is 26.0 Å². The molecule has 0 aliphatic carbocycles. The van der Waals surface area contributed by atoms with Crippen molar-refractivity contribution in [2.24, 2.45) is 0 Å². The normalized spacial score (nSPS) is 11.4. The van der Waals surface area contributed by atoms with Gasteiger partial charge >= 0.3 is 5.97 Å². The third-order valence-electron chi connectivity index (χ3n) is 6.20. The van der Waals surface area contributed by atoms with Crippen molar-refractivity contribution in [3.05, 3.63) is 102 Å². The Hall–Kier alpha value is -4.55. The maximum Gasteiger partial charge on any atom is 0.340 e. The Morgan fingerprint density at radius 1 is 0.698 bits per heavy atom. The van der Waals surface area contributed by atoms with Crippen LogP contribution in [0.15, 0.2) is 94.7 Å². The standard InChI is InChI=1S/C31H32N2O8S2/c1-5-18-40-30-20-24(11-17-29(30)33-43(37,38)26-14-8-22(3)9-15-26)41-23-10-16-28(27(19-23)31(34)39-4)32-42(35,36)25-12-6-21(2)7-13-25/h6-17,19-20,32-33H,5,18H2,1-4H3. The van der Waals surface area contributed by atoms with Crippen LogP contribution in [-0.4, -0.2) is 36.5 Å². The van der Waals surface area contributed by atoms with Crippen molar-refractivity contribution in [3.63, 3.8) is 0 Å². The first-order chi connectivity index (χ1) is 20.4. The zero-order chi connectivity index (χ0) is 31.2. The summed E-state index contributed by atoms with van der Waals surface area (Å²) in [4.78, 5) is 12.7. The smallest absolute Gasteiger partial charge is 0.340 e. The molecule has 0 heterocycles. The lowest BCUT2D eigenvalue weighted by molar-refractivity contribution is 0.0601. The summed E-state index contributed by atoms with van der Waals surface area (Å²) in [6.45, 7) is 5.95. The van der Waals surface area contributed by atoms with Crippen LogP contribution < -0.4 is 18.9 Å². The highest BCUT2D eigenvalue weighted by atomic mass is 32.2. The fourth-order valence-corrected chi connectivity index (χ4v) is 6.07. The van der Waals surface area contributed by atoms with Gasteiger partial charge in [0.25, 0.3) is 20.0 Å². The number of carbonyl (C=O) groups is 1. The van der Waals surface area contributed by atoms with Gasteiger partial charge in [0.1, 0.15) is 17.2 Å². The van der Waals surface area contributed by atoms with Gasteiger partial charge in [-0.25, -0.2) is 21.6 Å². The van der Waals surface area contributed by atoms with Crippen molar-refractivity contribution in [2.45, 2.75) is 37.0 Å². The average molecular weight is 625 g/mol. The molecule has 43 heavy (non-hydrogen) atoms. The molecule has 4 aromatic carbocycles. The van der Waals surface area contributed by atoms with E-state index in [1.807, 2.05) is 20.8 Å². The highest BCUT2D eigenvalue weighted by Gasteiger charge is 2.21. The molecule has 4 aromatic rings. The van der Waals surface area contributed by atoms with E-state index in [-0.39, 0.29) is 44.0 Å². The fourth-order valence-electron chi connectivity index (χ4n) is 3.91. The third kappa shape index (κ3) is 7.85.